The van der Waals surface area contributed by atoms with Crippen molar-refractivity contribution in [3.63, 3.8) is 0 Å². The van der Waals surface area contributed by atoms with Crippen molar-refractivity contribution in [1.29, 1.82) is 0 Å². The summed E-state index contributed by atoms with van der Waals surface area (Å²) in [6.07, 6.45) is -0.900. The Morgan fingerprint density at radius 2 is 2.17 bits per heavy atom. The molecule has 0 unspecified atom stereocenters. The first-order valence-electron chi connectivity index (χ1n) is 4.85. The smallest absolute Gasteiger partial charge is 0.304 e. The molecule has 0 amide bonds. The minimum absolute atomic E-state index is 0.235. The molecule has 0 radical (unpaired) electrons. The number of halogens is 1. The monoisotopic (exact) mass is 278 g/mol. The SMILES string of the molecule is C[C@H](O)CNS(=O)(=O)c1ccc([N+](=O)[O-])c(F)c1. The molecular weight excluding hydrogens is 267 g/mol. The third-order valence-corrected chi connectivity index (χ3v) is 3.42. The predicted molar refractivity (Wildman–Crippen MR) is 59.9 cm³/mol. The van der Waals surface area contributed by atoms with E-state index in [9.17, 15) is 22.9 Å². The molecule has 1 atom stereocenters. The molecule has 0 fully saturated rings. The Labute approximate surface area is 102 Å². The van der Waals surface area contributed by atoms with Crippen molar-refractivity contribution >= 4 is 15.7 Å². The van der Waals surface area contributed by atoms with Crippen molar-refractivity contribution in [1.82, 2.24) is 4.72 Å². The van der Waals surface area contributed by atoms with Crippen molar-refractivity contribution in [2.45, 2.75) is 17.9 Å². The maximum Gasteiger partial charge on any atom is 0.304 e. The van der Waals surface area contributed by atoms with E-state index >= 15 is 0 Å². The van der Waals surface area contributed by atoms with Gasteiger partial charge in [0.1, 0.15) is 0 Å². The maximum atomic E-state index is 13.2. The fraction of sp³-hybridized carbons (Fsp3) is 0.333. The molecule has 1 aromatic rings. The third-order valence-electron chi connectivity index (χ3n) is 1.99. The standard InChI is InChI=1S/C9H11FN2O5S/c1-6(13)5-11-18(16,17)7-2-3-9(12(14)15)8(10)4-7/h2-4,6,11,13H,5H2,1H3/t6-/m0/s1. The molecule has 0 aromatic heterocycles. The van der Waals surface area contributed by atoms with Crippen LogP contribution in [0.2, 0.25) is 0 Å². The highest BCUT2D eigenvalue weighted by atomic mass is 32.2. The second-order valence-electron chi connectivity index (χ2n) is 3.57. The average molecular weight is 278 g/mol. The lowest BCUT2D eigenvalue weighted by atomic mass is 10.3. The van der Waals surface area contributed by atoms with E-state index in [0.29, 0.717) is 6.07 Å². The zero-order valence-electron chi connectivity index (χ0n) is 9.33. The van der Waals surface area contributed by atoms with Gasteiger partial charge in [-0.05, 0) is 13.0 Å². The predicted octanol–water partition coefficient (Wildman–Crippen LogP) is 0.393. The molecule has 9 heteroatoms. The van der Waals surface area contributed by atoms with Crippen LogP contribution in [0.1, 0.15) is 6.92 Å². The highest BCUT2D eigenvalue weighted by molar-refractivity contribution is 7.89. The summed E-state index contributed by atoms with van der Waals surface area (Å²) < 4.78 is 38.5. The normalized spacial score (nSPS) is 13.3. The Morgan fingerprint density at radius 1 is 1.56 bits per heavy atom. The molecule has 0 saturated heterocycles. The highest BCUT2D eigenvalue weighted by Gasteiger charge is 2.20. The van der Waals surface area contributed by atoms with E-state index in [1.54, 1.807) is 0 Å². The Balaban J connectivity index is 3.04. The van der Waals surface area contributed by atoms with Crippen LogP contribution in [0.5, 0.6) is 0 Å². The Morgan fingerprint density at radius 3 is 2.61 bits per heavy atom. The summed E-state index contributed by atoms with van der Waals surface area (Å²) in [6.45, 7) is 1.14. The van der Waals surface area contributed by atoms with Crippen LogP contribution >= 0.6 is 0 Å². The number of hydrogen-bond acceptors (Lipinski definition) is 5. The number of nitro benzene ring substituents is 1. The summed E-state index contributed by atoms with van der Waals surface area (Å²) in [4.78, 5) is 8.98. The first-order chi connectivity index (χ1) is 8.24. The lowest BCUT2D eigenvalue weighted by molar-refractivity contribution is -0.387. The molecule has 0 spiro atoms. The number of sulfonamides is 1. The van der Waals surface area contributed by atoms with Crippen molar-refractivity contribution in [2.24, 2.45) is 0 Å². The number of nitrogens with zero attached hydrogens (tertiary/aromatic N) is 1. The largest absolute Gasteiger partial charge is 0.392 e. The van der Waals surface area contributed by atoms with Gasteiger partial charge in [-0.3, -0.25) is 10.1 Å². The Kier molecular flexibility index (Phi) is 4.33. The molecule has 0 saturated carbocycles. The Bertz CT molecular complexity index is 558. The quantitative estimate of drug-likeness (QED) is 0.598. The molecule has 1 aromatic carbocycles. The summed E-state index contributed by atoms with van der Waals surface area (Å²) in [5.41, 5.74) is -0.801. The third kappa shape index (κ3) is 3.45. The number of aliphatic hydroxyl groups excluding tert-OH is 1. The van der Waals surface area contributed by atoms with Gasteiger partial charge in [0.2, 0.25) is 15.8 Å². The van der Waals surface area contributed by atoms with E-state index < -0.39 is 37.5 Å². The van der Waals surface area contributed by atoms with E-state index in [1.807, 2.05) is 4.72 Å². The van der Waals surface area contributed by atoms with Crippen LogP contribution in [0.25, 0.3) is 0 Å². The number of aliphatic hydroxyl groups is 1. The van der Waals surface area contributed by atoms with Gasteiger partial charge in [0.05, 0.1) is 15.9 Å². The molecule has 18 heavy (non-hydrogen) atoms. The molecule has 2 N–H and O–H groups in total. The number of hydrogen-bond donors (Lipinski definition) is 2. The summed E-state index contributed by atoms with van der Waals surface area (Å²) in [6, 6.07) is 2.25. The zero-order chi connectivity index (χ0) is 13.9. The van der Waals surface area contributed by atoms with Crippen molar-refractivity contribution in [3.8, 4) is 0 Å². The molecule has 0 aliphatic rings. The van der Waals surface area contributed by atoms with Crippen molar-refractivity contribution in [3.05, 3.63) is 34.1 Å². The van der Waals surface area contributed by atoms with E-state index in [0.717, 1.165) is 12.1 Å². The maximum absolute atomic E-state index is 13.2. The van der Waals surface area contributed by atoms with E-state index in [2.05, 4.69) is 0 Å². The van der Waals surface area contributed by atoms with Crippen LogP contribution in [0.3, 0.4) is 0 Å². The average Bonchev–Trinajstić information content (AvgIpc) is 2.26. The molecule has 0 aliphatic carbocycles. The van der Waals surface area contributed by atoms with Crippen LogP contribution < -0.4 is 4.72 Å². The molecule has 100 valence electrons. The van der Waals surface area contributed by atoms with E-state index in [-0.39, 0.29) is 6.54 Å². The van der Waals surface area contributed by atoms with Crippen LogP contribution in [0.4, 0.5) is 10.1 Å². The molecular formula is C9H11FN2O5S. The number of benzene rings is 1. The van der Waals surface area contributed by atoms with Gasteiger partial charge in [0.25, 0.3) is 0 Å². The fourth-order valence-electron chi connectivity index (χ4n) is 1.12. The topological polar surface area (TPSA) is 110 Å². The van der Waals surface area contributed by atoms with E-state index in [1.165, 1.54) is 6.92 Å². The number of nitro groups is 1. The van der Waals surface area contributed by atoms with Crippen LogP contribution in [-0.4, -0.2) is 31.1 Å². The van der Waals surface area contributed by atoms with Crippen molar-refractivity contribution < 1.29 is 22.8 Å². The van der Waals surface area contributed by atoms with Gasteiger partial charge in [0, 0.05) is 18.7 Å². The van der Waals surface area contributed by atoms with Crippen molar-refractivity contribution in [2.75, 3.05) is 6.54 Å². The number of rotatable bonds is 5. The summed E-state index contributed by atoms with van der Waals surface area (Å²) >= 11 is 0. The lowest BCUT2D eigenvalue weighted by Gasteiger charge is -2.08. The molecule has 7 nitrogen and oxygen atoms in total. The molecule has 0 heterocycles. The molecule has 1 rings (SSSR count). The highest BCUT2D eigenvalue weighted by Crippen LogP contribution is 2.20. The first kappa shape index (κ1) is 14.5. The van der Waals surface area contributed by atoms with Gasteiger partial charge < -0.3 is 5.11 Å². The molecule has 0 aliphatic heterocycles. The van der Waals surface area contributed by atoms with Crippen LogP contribution in [0, 0.1) is 15.9 Å². The number of nitrogens with one attached hydrogen (secondary N) is 1. The van der Waals surface area contributed by atoms with E-state index in [4.69, 9.17) is 5.11 Å². The van der Waals surface area contributed by atoms with Gasteiger partial charge in [-0.1, -0.05) is 0 Å². The van der Waals surface area contributed by atoms with Gasteiger partial charge >= 0.3 is 5.69 Å². The summed E-state index contributed by atoms with van der Waals surface area (Å²) in [5, 5.41) is 19.3. The van der Waals surface area contributed by atoms with Gasteiger partial charge in [-0.15, -0.1) is 0 Å². The second-order valence-corrected chi connectivity index (χ2v) is 5.34. The zero-order valence-corrected chi connectivity index (χ0v) is 10.1. The van der Waals surface area contributed by atoms with Gasteiger partial charge in [-0.2, -0.15) is 4.39 Å². The lowest BCUT2D eigenvalue weighted by Crippen LogP contribution is -2.30. The first-order valence-corrected chi connectivity index (χ1v) is 6.34. The Hall–Kier alpha value is -1.58. The summed E-state index contributed by atoms with van der Waals surface area (Å²) in [7, 11) is -3.99. The summed E-state index contributed by atoms with van der Waals surface area (Å²) in [5.74, 6) is -1.24. The minimum Gasteiger partial charge on any atom is -0.392 e. The van der Waals surface area contributed by atoms with Gasteiger partial charge in [0.15, 0.2) is 0 Å². The van der Waals surface area contributed by atoms with Crippen LogP contribution in [0.15, 0.2) is 23.1 Å². The van der Waals surface area contributed by atoms with Gasteiger partial charge in [-0.25, -0.2) is 13.1 Å². The van der Waals surface area contributed by atoms with Crippen LogP contribution in [-0.2, 0) is 10.0 Å². The fourth-order valence-corrected chi connectivity index (χ4v) is 2.25. The minimum atomic E-state index is -3.99. The molecule has 0 bridgehead atoms. The second kappa shape index (κ2) is 5.38.